The molecule has 0 saturated heterocycles. The Kier molecular flexibility index (Phi) is 4.49. The Balaban J connectivity index is 2.27. The van der Waals surface area contributed by atoms with Crippen LogP contribution in [0, 0.1) is 21.4 Å². The standard InChI is InChI=1S/C15H13N3O3/c16-10-12-3-6-14(18(20)21)9-15(12)17-13-4-1-11(2-5-13)7-8-19/h1-6,9,17,19H,7-8H2. The zero-order valence-electron chi connectivity index (χ0n) is 11.1. The van der Waals surface area contributed by atoms with E-state index in [1.807, 2.05) is 18.2 Å². The predicted octanol–water partition coefficient (Wildman–Crippen LogP) is 2.74. The first-order chi connectivity index (χ1) is 10.1. The number of nitro benzene ring substituents is 1. The predicted molar refractivity (Wildman–Crippen MR) is 78.3 cm³/mol. The van der Waals surface area contributed by atoms with E-state index in [2.05, 4.69) is 5.32 Å². The van der Waals surface area contributed by atoms with Crippen LogP contribution in [-0.2, 0) is 6.42 Å². The highest BCUT2D eigenvalue weighted by molar-refractivity contribution is 5.69. The minimum absolute atomic E-state index is 0.0756. The molecule has 0 aliphatic carbocycles. The van der Waals surface area contributed by atoms with Gasteiger partial charge >= 0.3 is 0 Å². The van der Waals surface area contributed by atoms with Crippen LogP contribution in [-0.4, -0.2) is 16.6 Å². The van der Waals surface area contributed by atoms with Gasteiger partial charge in [0.05, 0.1) is 16.2 Å². The molecule has 0 fully saturated rings. The zero-order chi connectivity index (χ0) is 15.2. The SMILES string of the molecule is N#Cc1ccc([N+](=O)[O-])cc1Nc1ccc(CCO)cc1. The van der Waals surface area contributed by atoms with Gasteiger partial charge in [0.1, 0.15) is 6.07 Å². The molecule has 6 nitrogen and oxygen atoms in total. The van der Waals surface area contributed by atoms with Gasteiger partial charge in [0, 0.05) is 24.4 Å². The zero-order valence-corrected chi connectivity index (χ0v) is 11.1. The fourth-order valence-corrected chi connectivity index (χ4v) is 1.89. The number of nitrogens with one attached hydrogen (secondary N) is 1. The van der Waals surface area contributed by atoms with E-state index >= 15 is 0 Å². The van der Waals surface area contributed by atoms with Crippen molar-refractivity contribution in [1.82, 2.24) is 0 Å². The van der Waals surface area contributed by atoms with E-state index in [1.165, 1.54) is 18.2 Å². The van der Waals surface area contributed by atoms with Crippen molar-refractivity contribution in [3.8, 4) is 6.07 Å². The minimum atomic E-state index is -0.503. The lowest BCUT2D eigenvalue weighted by molar-refractivity contribution is -0.384. The average molecular weight is 283 g/mol. The largest absolute Gasteiger partial charge is 0.396 e. The molecule has 0 unspecified atom stereocenters. The van der Waals surface area contributed by atoms with Crippen LogP contribution in [0.15, 0.2) is 42.5 Å². The molecule has 0 atom stereocenters. The Labute approximate surface area is 121 Å². The first-order valence-corrected chi connectivity index (χ1v) is 6.29. The second-order valence-electron chi connectivity index (χ2n) is 4.39. The van der Waals surface area contributed by atoms with Crippen LogP contribution in [0.25, 0.3) is 0 Å². The van der Waals surface area contributed by atoms with Gasteiger partial charge < -0.3 is 10.4 Å². The molecule has 0 bridgehead atoms. The Morgan fingerprint density at radius 3 is 2.52 bits per heavy atom. The molecule has 0 heterocycles. The first kappa shape index (κ1) is 14.5. The summed E-state index contributed by atoms with van der Waals surface area (Å²) in [4.78, 5) is 10.3. The number of rotatable bonds is 5. The lowest BCUT2D eigenvalue weighted by Crippen LogP contribution is -1.97. The van der Waals surface area contributed by atoms with Crippen LogP contribution in [0.5, 0.6) is 0 Å². The van der Waals surface area contributed by atoms with Crippen LogP contribution < -0.4 is 5.32 Å². The van der Waals surface area contributed by atoms with E-state index in [0.29, 0.717) is 23.4 Å². The fourth-order valence-electron chi connectivity index (χ4n) is 1.89. The number of benzene rings is 2. The normalized spacial score (nSPS) is 9.90. The van der Waals surface area contributed by atoms with Crippen LogP contribution in [0.2, 0.25) is 0 Å². The summed E-state index contributed by atoms with van der Waals surface area (Å²) in [7, 11) is 0. The van der Waals surface area contributed by atoms with Crippen LogP contribution in [0.4, 0.5) is 17.1 Å². The maximum atomic E-state index is 10.8. The molecule has 2 N–H and O–H groups in total. The summed E-state index contributed by atoms with van der Waals surface area (Å²) in [5.74, 6) is 0. The Morgan fingerprint density at radius 1 is 1.24 bits per heavy atom. The van der Waals surface area contributed by atoms with E-state index < -0.39 is 4.92 Å². The van der Waals surface area contributed by atoms with Crippen LogP contribution >= 0.6 is 0 Å². The number of aliphatic hydroxyl groups is 1. The maximum Gasteiger partial charge on any atom is 0.271 e. The van der Waals surface area contributed by atoms with Gasteiger partial charge in [0.25, 0.3) is 5.69 Å². The number of hydrogen-bond acceptors (Lipinski definition) is 5. The van der Waals surface area contributed by atoms with Gasteiger partial charge in [-0.25, -0.2) is 0 Å². The van der Waals surface area contributed by atoms with E-state index in [-0.39, 0.29) is 12.3 Å². The fraction of sp³-hybridized carbons (Fsp3) is 0.133. The molecule has 6 heteroatoms. The smallest absolute Gasteiger partial charge is 0.271 e. The summed E-state index contributed by atoms with van der Waals surface area (Å²) in [6, 6.07) is 13.3. The van der Waals surface area contributed by atoms with Crippen molar-refractivity contribution < 1.29 is 10.0 Å². The molecule has 2 aromatic rings. The number of nitrogens with zero attached hydrogens (tertiary/aromatic N) is 2. The molecule has 0 aliphatic rings. The Hall–Kier alpha value is -2.91. The van der Waals surface area contributed by atoms with E-state index in [0.717, 1.165) is 5.56 Å². The molecular formula is C15H13N3O3. The van der Waals surface area contributed by atoms with E-state index in [4.69, 9.17) is 10.4 Å². The van der Waals surface area contributed by atoms with Gasteiger partial charge in [0.2, 0.25) is 0 Å². The van der Waals surface area contributed by atoms with Crippen molar-refractivity contribution in [2.75, 3.05) is 11.9 Å². The molecule has 0 spiro atoms. The molecule has 0 aromatic heterocycles. The van der Waals surface area contributed by atoms with Gasteiger partial charge in [0.15, 0.2) is 0 Å². The first-order valence-electron chi connectivity index (χ1n) is 6.29. The monoisotopic (exact) mass is 283 g/mol. The van der Waals surface area contributed by atoms with E-state index in [1.54, 1.807) is 12.1 Å². The second kappa shape index (κ2) is 6.50. The molecule has 0 radical (unpaired) electrons. The highest BCUT2D eigenvalue weighted by Gasteiger charge is 2.10. The molecule has 0 aliphatic heterocycles. The van der Waals surface area contributed by atoms with E-state index in [9.17, 15) is 10.1 Å². The van der Waals surface area contributed by atoms with Gasteiger partial charge in [-0.15, -0.1) is 0 Å². The average Bonchev–Trinajstić information content (AvgIpc) is 2.49. The lowest BCUT2D eigenvalue weighted by Gasteiger charge is -2.09. The van der Waals surface area contributed by atoms with Gasteiger partial charge in [-0.3, -0.25) is 10.1 Å². The molecule has 0 amide bonds. The maximum absolute atomic E-state index is 10.8. The summed E-state index contributed by atoms with van der Waals surface area (Å²) < 4.78 is 0. The van der Waals surface area contributed by atoms with Crippen molar-refractivity contribution in [3.63, 3.8) is 0 Å². The topological polar surface area (TPSA) is 99.2 Å². The van der Waals surface area contributed by atoms with Crippen molar-refractivity contribution in [2.24, 2.45) is 0 Å². The van der Waals surface area contributed by atoms with Crippen LogP contribution in [0.1, 0.15) is 11.1 Å². The highest BCUT2D eigenvalue weighted by Crippen LogP contribution is 2.25. The number of nitriles is 1. The molecule has 2 aromatic carbocycles. The third kappa shape index (κ3) is 3.55. The number of nitro groups is 1. The van der Waals surface area contributed by atoms with Crippen molar-refractivity contribution >= 4 is 17.1 Å². The minimum Gasteiger partial charge on any atom is -0.396 e. The van der Waals surface area contributed by atoms with Gasteiger partial charge in [-0.2, -0.15) is 5.26 Å². The summed E-state index contributed by atoms with van der Waals surface area (Å²) >= 11 is 0. The Morgan fingerprint density at radius 2 is 1.95 bits per heavy atom. The summed E-state index contributed by atoms with van der Waals surface area (Å²) in [5, 5.41) is 31.7. The molecular weight excluding hydrogens is 270 g/mol. The van der Waals surface area contributed by atoms with Gasteiger partial charge in [-0.05, 0) is 30.2 Å². The summed E-state index contributed by atoms with van der Waals surface area (Å²) in [6.07, 6.45) is 0.570. The van der Waals surface area contributed by atoms with Crippen molar-refractivity contribution in [1.29, 1.82) is 5.26 Å². The van der Waals surface area contributed by atoms with Crippen LogP contribution in [0.3, 0.4) is 0 Å². The quantitative estimate of drug-likeness (QED) is 0.649. The molecule has 2 rings (SSSR count). The highest BCUT2D eigenvalue weighted by atomic mass is 16.6. The third-order valence-corrected chi connectivity index (χ3v) is 2.97. The molecule has 106 valence electrons. The molecule has 0 saturated carbocycles. The molecule has 21 heavy (non-hydrogen) atoms. The number of non-ortho nitro benzene ring substituents is 1. The van der Waals surface area contributed by atoms with Gasteiger partial charge in [-0.1, -0.05) is 12.1 Å². The second-order valence-corrected chi connectivity index (χ2v) is 4.39. The lowest BCUT2D eigenvalue weighted by atomic mass is 10.1. The number of hydrogen-bond donors (Lipinski definition) is 2. The Bertz CT molecular complexity index is 690. The number of anilines is 2. The van der Waals surface area contributed by atoms with Crippen molar-refractivity contribution in [2.45, 2.75) is 6.42 Å². The third-order valence-electron chi connectivity index (χ3n) is 2.97. The van der Waals surface area contributed by atoms with Crippen molar-refractivity contribution in [3.05, 3.63) is 63.7 Å². The number of aliphatic hydroxyl groups excluding tert-OH is 1. The summed E-state index contributed by atoms with van der Waals surface area (Å²) in [5.41, 5.74) is 2.35. The summed E-state index contributed by atoms with van der Waals surface area (Å²) in [6.45, 7) is 0.0796.